The van der Waals surface area contributed by atoms with E-state index >= 15 is 0 Å². The molecule has 0 aliphatic carbocycles. The Morgan fingerprint density at radius 2 is 1.85 bits per heavy atom. The van der Waals surface area contributed by atoms with Crippen LogP contribution in [0.5, 0.6) is 5.75 Å². The predicted molar refractivity (Wildman–Crippen MR) is 98.2 cm³/mol. The fourth-order valence-corrected chi connectivity index (χ4v) is 2.30. The summed E-state index contributed by atoms with van der Waals surface area (Å²) in [6.07, 6.45) is 0. The van der Waals surface area contributed by atoms with Crippen molar-refractivity contribution in [2.24, 2.45) is 5.73 Å². The maximum absolute atomic E-state index is 12.1. The molecule has 0 spiro atoms. The Kier molecular flexibility index (Phi) is 5.31. The van der Waals surface area contributed by atoms with Gasteiger partial charge in [0.1, 0.15) is 5.75 Å². The van der Waals surface area contributed by atoms with E-state index in [1.165, 1.54) is 0 Å². The molecule has 0 fully saturated rings. The number of benzene rings is 2. The molecular formula is C18H17N5O4. The molecule has 0 unspecified atom stereocenters. The molecule has 3 amide bonds. The van der Waals surface area contributed by atoms with E-state index < -0.39 is 6.03 Å². The number of aromatic nitrogens is 2. The van der Waals surface area contributed by atoms with Crippen LogP contribution in [0.1, 0.15) is 5.89 Å². The lowest BCUT2D eigenvalue weighted by Gasteiger charge is -2.09. The third kappa shape index (κ3) is 5.05. The molecule has 0 radical (unpaired) electrons. The van der Waals surface area contributed by atoms with Gasteiger partial charge in [-0.15, -0.1) is 0 Å². The highest BCUT2D eigenvalue weighted by molar-refractivity contribution is 5.92. The van der Waals surface area contributed by atoms with Crippen LogP contribution in [-0.4, -0.2) is 28.7 Å². The fourth-order valence-electron chi connectivity index (χ4n) is 2.30. The minimum absolute atomic E-state index is 0.203. The number of hydrogen-bond donors (Lipinski definition) is 3. The Morgan fingerprint density at radius 3 is 2.56 bits per heavy atom. The molecule has 0 aliphatic heterocycles. The van der Waals surface area contributed by atoms with E-state index in [1.54, 1.807) is 49.4 Å². The van der Waals surface area contributed by atoms with Crippen LogP contribution in [0, 0.1) is 6.92 Å². The highest BCUT2D eigenvalue weighted by Crippen LogP contribution is 2.20. The number of nitrogens with two attached hydrogens (primary N) is 1. The summed E-state index contributed by atoms with van der Waals surface area (Å²) < 4.78 is 10.4. The van der Waals surface area contributed by atoms with Gasteiger partial charge in [-0.2, -0.15) is 4.98 Å². The Bertz CT molecular complexity index is 970. The molecule has 1 aromatic heterocycles. The molecule has 3 aromatic rings. The van der Waals surface area contributed by atoms with Gasteiger partial charge in [-0.1, -0.05) is 23.4 Å². The van der Waals surface area contributed by atoms with Crippen LogP contribution in [0.25, 0.3) is 11.4 Å². The Morgan fingerprint density at radius 1 is 1.11 bits per heavy atom. The van der Waals surface area contributed by atoms with E-state index in [0.717, 1.165) is 5.56 Å². The number of rotatable bonds is 6. The van der Waals surface area contributed by atoms with Gasteiger partial charge in [0.15, 0.2) is 6.61 Å². The third-order valence-corrected chi connectivity index (χ3v) is 3.40. The van der Waals surface area contributed by atoms with Gasteiger partial charge in [0.25, 0.3) is 5.91 Å². The highest BCUT2D eigenvalue weighted by atomic mass is 16.5. The van der Waals surface area contributed by atoms with Crippen LogP contribution < -0.4 is 21.1 Å². The normalized spacial score (nSPS) is 10.3. The second kappa shape index (κ2) is 8.00. The van der Waals surface area contributed by atoms with Crippen molar-refractivity contribution >= 4 is 23.3 Å². The first-order valence-electron chi connectivity index (χ1n) is 7.99. The van der Waals surface area contributed by atoms with E-state index in [-0.39, 0.29) is 12.5 Å². The second-order valence-corrected chi connectivity index (χ2v) is 5.57. The molecular weight excluding hydrogens is 350 g/mol. The van der Waals surface area contributed by atoms with Gasteiger partial charge >= 0.3 is 6.03 Å². The Labute approximate surface area is 154 Å². The van der Waals surface area contributed by atoms with Gasteiger partial charge in [-0.05, 0) is 24.3 Å². The molecule has 27 heavy (non-hydrogen) atoms. The first-order valence-corrected chi connectivity index (χ1v) is 7.99. The van der Waals surface area contributed by atoms with Crippen molar-refractivity contribution < 1.29 is 18.8 Å². The maximum Gasteiger partial charge on any atom is 0.316 e. The van der Waals surface area contributed by atoms with Crippen LogP contribution in [0.3, 0.4) is 0 Å². The SMILES string of the molecule is Cc1nc(-c2cccc(NC(=O)COc3cccc(NC(N)=O)c3)c2)no1. The van der Waals surface area contributed by atoms with Crippen LogP contribution in [0.15, 0.2) is 53.1 Å². The van der Waals surface area contributed by atoms with Gasteiger partial charge in [0.05, 0.1) is 0 Å². The van der Waals surface area contributed by atoms with Crippen molar-refractivity contribution in [3.8, 4) is 17.1 Å². The largest absolute Gasteiger partial charge is 0.484 e. The topological polar surface area (TPSA) is 132 Å². The molecule has 9 nitrogen and oxygen atoms in total. The second-order valence-electron chi connectivity index (χ2n) is 5.57. The summed E-state index contributed by atoms with van der Waals surface area (Å²) in [4.78, 5) is 27.1. The lowest BCUT2D eigenvalue weighted by atomic mass is 10.2. The van der Waals surface area contributed by atoms with Crippen molar-refractivity contribution in [2.75, 3.05) is 17.2 Å². The lowest BCUT2D eigenvalue weighted by molar-refractivity contribution is -0.118. The van der Waals surface area contributed by atoms with Gasteiger partial charge in [-0.25, -0.2) is 4.79 Å². The highest BCUT2D eigenvalue weighted by Gasteiger charge is 2.09. The quantitative estimate of drug-likeness (QED) is 0.613. The number of primary amides is 1. The molecule has 0 saturated heterocycles. The van der Waals surface area contributed by atoms with E-state index in [4.69, 9.17) is 15.0 Å². The van der Waals surface area contributed by atoms with Crippen molar-refractivity contribution in [3.63, 3.8) is 0 Å². The molecule has 0 aliphatic rings. The average Bonchev–Trinajstić information content (AvgIpc) is 3.06. The summed E-state index contributed by atoms with van der Waals surface area (Å²) in [6, 6.07) is 12.9. The predicted octanol–water partition coefficient (Wildman–Crippen LogP) is 2.55. The third-order valence-electron chi connectivity index (χ3n) is 3.40. The molecule has 0 bridgehead atoms. The van der Waals surface area contributed by atoms with Crippen molar-refractivity contribution in [2.45, 2.75) is 6.92 Å². The van der Waals surface area contributed by atoms with Crippen LogP contribution >= 0.6 is 0 Å². The number of carbonyl (C=O) groups excluding carboxylic acids is 2. The molecule has 138 valence electrons. The smallest absolute Gasteiger partial charge is 0.316 e. The number of aryl methyl sites for hydroxylation is 1. The molecule has 0 atom stereocenters. The average molecular weight is 367 g/mol. The molecule has 1 heterocycles. The van der Waals surface area contributed by atoms with Crippen LogP contribution in [0.2, 0.25) is 0 Å². The van der Waals surface area contributed by atoms with Gasteiger partial charge in [0, 0.05) is 29.9 Å². The van der Waals surface area contributed by atoms with Crippen molar-refractivity contribution in [1.29, 1.82) is 0 Å². The fraction of sp³-hybridized carbons (Fsp3) is 0.111. The number of anilines is 2. The summed E-state index contributed by atoms with van der Waals surface area (Å²) in [5.74, 6) is 0.983. The molecule has 9 heteroatoms. The summed E-state index contributed by atoms with van der Waals surface area (Å²) in [5.41, 5.74) is 6.84. The minimum Gasteiger partial charge on any atom is -0.484 e. The van der Waals surface area contributed by atoms with Crippen molar-refractivity contribution in [3.05, 3.63) is 54.4 Å². The molecule has 3 rings (SSSR count). The monoisotopic (exact) mass is 367 g/mol. The van der Waals surface area contributed by atoms with Crippen molar-refractivity contribution in [1.82, 2.24) is 10.1 Å². The molecule has 2 aromatic carbocycles. The van der Waals surface area contributed by atoms with E-state index in [2.05, 4.69) is 20.8 Å². The Balaban J connectivity index is 1.59. The molecule has 0 saturated carbocycles. The summed E-state index contributed by atoms with van der Waals surface area (Å²) >= 11 is 0. The van der Waals surface area contributed by atoms with Crippen LogP contribution in [0.4, 0.5) is 16.2 Å². The standard InChI is InChI=1S/C18H17N5O4/c1-11-20-17(23-27-11)12-4-2-5-13(8-12)21-16(24)10-26-15-7-3-6-14(9-15)22-18(19)25/h2-9H,10H2,1H3,(H,21,24)(H3,19,22,25). The zero-order valence-corrected chi connectivity index (χ0v) is 14.4. The van der Waals surface area contributed by atoms with E-state index in [0.29, 0.717) is 28.8 Å². The van der Waals surface area contributed by atoms with Gasteiger partial charge in [-0.3, -0.25) is 4.79 Å². The zero-order valence-electron chi connectivity index (χ0n) is 14.4. The summed E-state index contributed by atoms with van der Waals surface area (Å²) in [7, 11) is 0. The summed E-state index contributed by atoms with van der Waals surface area (Å²) in [5, 5.41) is 9.02. The minimum atomic E-state index is -0.679. The number of urea groups is 1. The first kappa shape index (κ1) is 17.9. The number of hydrogen-bond acceptors (Lipinski definition) is 6. The van der Waals surface area contributed by atoms with Gasteiger partial charge < -0.3 is 25.6 Å². The first-order chi connectivity index (χ1) is 13.0. The zero-order chi connectivity index (χ0) is 19.2. The number of carbonyl (C=O) groups is 2. The van der Waals surface area contributed by atoms with Gasteiger partial charge in [0.2, 0.25) is 11.7 Å². The lowest BCUT2D eigenvalue weighted by Crippen LogP contribution is -2.21. The number of ether oxygens (including phenoxy) is 1. The number of amides is 3. The summed E-state index contributed by atoms with van der Waals surface area (Å²) in [6.45, 7) is 1.50. The van der Waals surface area contributed by atoms with Crippen LogP contribution in [-0.2, 0) is 4.79 Å². The van der Waals surface area contributed by atoms with E-state index in [9.17, 15) is 9.59 Å². The molecule has 4 N–H and O–H groups in total. The van der Waals surface area contributed by atoms with E-state index in [1.807, 2.05) is 6.07 Å². The maximum atomic E-state index is 12.1. The number of nitrogens with zero attached hydrogens (tertiary/aromatic N) is 2. The Hall–Kier alpha value is -3.88. The number of nitrogens with one attached hydrogen (secondary N) is 2.